The van der Waals surface area contributed by atoms with Crippen molar-refractivity contribution in [2.75, 3.05) is 32.2 Å². The molecular weight excluding hydrogens is 408 g/mol. The molecule has 1 atom stereocenters. The van der Waals surface area contributed by atoms with Crippen molar-refractivity contribution in [1.29, 1.82) is 0 Å². The molecule has 2 N–H and O–H groups in total. The van der Waals surface area contributed by atoms with Crippen LogP contribution in [0.2, 0.25) is 0 Å². The molecule has 0 fully saturated rings. The largest absolute Gasteiger partial charge is 0.465 e. The molecule has 0 aliphatic carbocycles. The van der Waals surface area contributed by atoms with E-state index in [0.717, 1.165) is 26.8 Å². The summed E-state index contributed by atoms with van der Waals surface area (Å²) in [5, 5.41) is 20.5. The van der Waals surface area contributed by atoms with E-state index in [1.54, 1.807) is 19.2 Å². The van der Waals surface area contributed by atoms with E-state index in [1.165, 1.54) is 11.9 Å². The SMILES string of the molecule is CN(C(=O)[C@@H](Cc1ccc2ccccc2c1)N(C)C(=O)O)c1ccc(COCCO)cc1. The maximum Gasteiger partial charge on any atom is 0.407 e. The number of ether oxygens (including phenoxy) is 1. The molecular formula is C25H28N2O5. The number of fused-ring (bicyclic) bond motifs is 1. The van der Waals surface area contributed by atoms with E-state index < -0.39 is 12.1 Å². The molecule has 0 saturated heterocycles. The third-order valence-corrected chi connectivity index (χ3v) is 5.46. The molecule has 0 unspecified atom stereocenters. The van der Waals surface area contributed by atoms with Crippen LogP contribution in [0, 0.1) is 0 Å². The second-order valence-electron chi connectivity index (χ2n) is 7.63. The summed E-state index contributed by atoms with van der Waals surface area (Å²) in [4.78, 5) is 27.6. The Morgan fingerprint density at radius 1 is 0.938 bits per heavy atom. The number of carboxylic acid groups (broad SMARTS) is 1. The van der Waals surface area contributed by atoms with Crippen LogP contribution in [0.3, 0.4) is 0 Å². The lowest BCUT2D eigenvalue weighted by molar-refractivity contribution is -0.122. The Bertz CT molecular complexity index is 1070. The second kappa shape index (κ2) is 10.7. The number of carbonyl (C=O) groups is 2. The topological polar surface area (TPSA) is 90.3 Å². The summed E-state index contributed by atoms with van der Waals surface area (Å²) in [5.41, 5.74) is 2.46. The van der Waals surface area contributed by atoms with Gasteiger partial charge in [-0.3, -0.25) is 9.69 Å². The molecule has 0 bridgehead atoms. The normalized spacial score (nSPS) is 11.8. The Morgan fingerprint density at radius 3 is 2.25 bits per heavy atom. The molecule has 32 heavy (non-hydrogen) atoms. The lowest BCUT2D eigenvalue weighted by Gasteiger charge is -2.29. The number of amides is 2. The number of hydrogen-bond donors (Lipinski definition) is 2. The minimum Gasteiger partial charge on any atom is -0.465 e. The number of likely N-dealkylation sites (N-methyl/N-ethyl adjacent to an activating group) is 2. The Balaban J connectivity index is 1.79. The molecule has 0 spiro atoms. The van der Waals surface area contributed by atoms with Gasteiger partial charge in [-0.25, -0.2) is 4.79 Å². The molecule has 3 rings (SSSR count). The van der Waals surface area contributed by atoms with Crippen LogP contribution in [-0.4, -0.2) is 60.5 Å². The lowest BCUT2D eigenvalue weighted by atomic mass is 10.00. The number of anilines is 1. The molecule has 0 saturated carbocycles. The highest BCUT2D eigenvalue weighted by atomic mass is 16.5. The monoisotopic (exact) mass is 436 g/mol. The van der Waals surface area contributed by atoms with Crippen LogP contribution >= 0.6 is 0 Å². The molecule has 0 aliphatic heterocycles. The van der Waals surface area contributed by atoms with Gasteiger partial charge in [0.1, 0.15) is 6.04 Å². The number of benzene rings is 3. The molecule has 3 aromatic carbocycles. The van der Waals surface area contributed by atoms with E-state index in [2.05, 4.69) is 0 Å². The summed E-state index contributed by atoms with van der Waals surface area (Å²) in [6.45, 7) is 0.591. The fraction of sp³-hybridized carbons (Fsp3) is 0.280. The fourth-order valence-electron chi connectivity index (χ4n) is 3.53. The molecule has 2 amide bonds. The van der Waals surface area contributed by atoms with E-state index in [9.17, 15) is 14.7 Å². The van der Waals surface area contributed by atoms with Gasteiger partial charge < -0.3 is 19.8 Å². The van der Waals surface area contributed by atoms with Crippen molar-refractivity contribution < 1.29 is 24.5 Å². The van der Waals surface area contributed by atoms with Crippen LogP contribution in [-0.2, 0) is 22.6 Å². The molecule has 0 aromatic heterocycles. The molecule has 3 aromatic rings. The number of nitrogens with zero attached hydrogens (tertiary/aromatic N) is 2. The van der Waals surface area contributed by atoms with Crippen molar-refractivity contribution in [3.63, 3.8) is 0 Å². The van der Waals surface area contributed by atoms with Gasteiger partial charge in [0.2, 0.25) is 5.91 Å². The Kier molecular flexibility index (Phi) is 7.81. The maximum atomic E-state index is 13.3. The number of rotatable bonds is 9. The minimum absolute atomic E-state index is 0.0367. The van der Waals surface area contributed by atoms with Crippen molar-refractivity contribution in [1.82, 2.24) is 4.90 Å². The van der Waals surface area contributed by atoms with E-state index in [0.29, 0.717) is 12.3 Å². The van der Waals surface area contributed by atoms with E-state index in [1.807, 2.05) is 54.6 Å². The van der Waals surface area contributed by atoms with Gasteiger partial charge in [-0.15, -0.1) is 0 Å². The smallest absolute Gasteiger partial charge is 0.407 e. The zero-order valence-corrected chi connectivity index (χ0v) is 18.3. The summed E-state index contributed by atoms with van der Waals surface area (Å²) in [6, 6.07) is 20.2. The standard InChI is InChI=1S/C25H28N2O5/c1-26(22-11-8-18(9-12-22)17-32-14-13-28)24(29)23(27(2)25(30)31)16-19-7-10-20-5-3-4-6-21(20)15-19/h3-12,15,23,28H,13-14,16-17H2,1-2H3,(H,30,31)/t23-/m1/s1. The van der Waals surface area contributed by atoms with Gasteiger partial charge >= 0.3 is 6.09 Å². The summed E-state index contributed by atoms with van der Waals surface area (Å²) in [5.74, 6) is -0.313. The molecule has 7 heteroatoms. The van der Waals surface area contributed by atoms with Gasteiger partial charge in [-0.2, -0.15) is 0 Å². The van der Waals surface area contributed by atoms with Crippen molar-refractivity contribution in [3.8, 4) is 0 Å². The van der Waals surface area contributed by atoms with Crippen LogP contribution < -0.4 is 4.90 Å². The van der Waals surface area contributed by atoms with E-state index >= 15 is 0 Å². The fourth-order valence-corrected chi connectivity index (χ4v) is 3.53. The van der Waals surface area contributed by atoms with Crippen LogP contribution in [0.15, 0.2) is 66.7 Å². The highest BCUT2D eigenvalue weighted by Gasteiger charge is 2.30. The first kappa shape index (κ1) is 23.2. The third-order valence-electron chi connectivity index (χ3n) is 5.46. The Labute approximate surface area is 187 Å². The van der Waals surface area contributed by atoms with E-state index in [4.69, 9.17) is 9.84 Å². The van der Waals surface area contributed by atoms with Crippen molar-refractivity contribution in [2.45, 2.75) is 19.1 Å². The van der Waals surface area contributed by atoms with Gasteiger partial charge in [0.15, 0.2) is 0 Å². The van der Waals surface area contributed by atoms with Crippen molar-refractivity contribution in [3.05, 3.63) is 77.9 Å². The Morgan fingerprint density at radius 2 is 1.59 bits per heavy atom. The van der Waals surface area contributed by atoms with Crippen LogP contribution in [0.5, 0.6) is 0 Å². The highest BCUT2D eigenvalue weighted by Crippen LogP contribution is 2.21. The first-order valence-electron chi connectivity index (χ1n) is 10.4. The zero-order valence-electron chi connectivity index (χ0n) is 18.3. The zero-order chi connectivity index (χ0) is 23.1. The molecule has 7 nitrogen and oxygen atoms in total. The summed E-state index contributed by atoms with van der Waals surface area (Å²) in [6.07, 6.45) is -0.891. The highest BCUT2D eigenvalue weighted by molar-refractivity contribution is 5.98. The van der Waals surface area contributed by atoms with Crippen molar-refractivity contribution in [2.24, 2.45) is 0 Å². The molecule has 168 valence electrons. The van der Waals surface area contributed by atoms with Gasteiger partial charge in [0.25, 0.3) is 0 Å². The molecule has 0 radical (unpaired) electrons. The number of aliphatic hydroxyl groups excluding tert-OH is 1. The van der Waals surface area contributed by atoms with Crippen molar-refractivity contribution >= 4 is 28.5 Å². The number of aliphatic hydroxyl groups is 1. The molecule has 0 heterocycles. The quantitative estimate of drug-likeness (QED) is 0.501. The molecule has 0 aliphatic rings. The predicted octanol–water partition coefficient (Wildman–Crippen LogP) is 3.53. The van der Waals surface area contributed by atoms with Crippen LogP contribution in [0.25, 0.3) is 10.8 Å². The third kappa shape index (κ3) is 5.63. The van der Waals surface area contributed by atoms with Gasteiger partial charge in [0, 0.05) is 26.2 Å². The van der Waals surface area contributed by atoms with Gasteiger partial charge in [-0.1, -0.05) is 54.6 Å². The summed E-state index contributed by atoms with van der Waals surface area (Å²) < 4.78 is 5.31. The maximum absolute atomic E-state index is 13.3. The first-order valence-corrected chi connectivity index (χ1v) is 10.4. The van der Waals surface area contributed by atoms with Crippen LogP contribution in [0.4, 0.5) is 10.5 Å². The predicted molar refractivity (Wildman–Crippen MR) is 124 cm³/mol. The van der Waals surface area contributed by atoms with Gasteiger partial charge in [-0.05, 0) is 34.0 Å². The van der Waals surface area contributed by atoms with Gasteiger partial charge in [0.05, 0.1) is 19.8 Å². The summed E-state index contributed by atoms with van der Waals surface area (Å²) >= 11 is 0. The Hall–Kier alpha value is -3.42. The number of hydrogen-bond acceptors (Lipinski definition) is 4. The second-order valence-corrected chi connectivity index (χ2v) is 7.63. The lowest BCUT2D eigenvalue weighted by Crippen LogP contribution is -2.49. The first-order chi connectivity index (χ1) is 15.4. The van der Waals surface area contributed by atoms with E-state index in [-0.39, 0.29) is 25.5 Å². The average molecular weight is 437 g/mol. The number of carbonyl (C=O) groups excluding carboxylic acids is 1. The average Bonchev–Trinajstić information content (AvgIpc) is 2.81. The van der Waals surface area contributed by atoms with Crippen LogP contribution in [0.1, 0.15) is 11.1 Å². The summed E-state index contributed by atoms with van der Waals surface area (Å²) in [7, 11) is 3.06. The minimum atomic E-state index is -1.16.